The molecule has 1 rings (SSSR count). The first-order valence-corrected chi connectivity index (χ1v) is 6.40. The smallest absolute Gasteiger partial charge is 0.214 e. The first-order chi connectivity index (χ1) is 8.60. The van der Waals surface area contributed by atoms with Gasteiger partial charge in [-0.15, -0.1) is 0 Å². The predicted molar refractivity (Wildman–Crippen MR) is 70.4 cm³/mol. The molecule has 0 spiro atoms. The van der Waals surface area contributed by atoms with Crippen LogP contribution in [0.4, 0.5) is 0 Å². The third-order valence-corrected chi connectivity index (χ3v) is 3.63. The summed E-state index contributed by atoms with van der Waals surface area (Å²) in [6.07, 6.45) is 1.91. The number of benzene rings is 1. The van der Waals surface area contributed by atoms with Gasteiger partial charge in [0.25, 0.3) is 0 Å². The average Bonchev–Trinajstić information content (AvgIpc) is 2.43. The molecule has 2 atom stereocenters. The Morgan fingerprint density at radius 3 is 2.06 bits per heavy atom. The molecule has 0 aliphatic heterocycles. The zero-order chi connectivity index (χ0) is 13.7. The molecule has 0 bridgehead atoms. The summed E-state index contributed by atoms with van der Waals surface area (Å²) in [6, 6.07) is 3.53. The fourth-order valence-corrected chi connectivity index (χ4v) is 2.12. The Morgan fingerprint density at radius 1 is 1.00 bits per heavy atom. The van der Waals surface area contributed by atoms with Crippen molar-refractivity contribution in [3.8, 4) is 11.5 Å². The second kappa shape index (κ2) is 6.61. The van der Waals surface area contributed by atoms with Crippen LogP contribution in [-0.2, 0) is 0 Å². The van der Waals surface area contributed by atoms with Gasteiger partial charge in [0, 0.05) is 5.56 Å². The summed E-state index contributed by atoms with van der Waals surface area (Å²) in [6.45, 7) is 8.37. The molecular weight excluding hydrogens is 232 g/mol. The van der Waals surface area contributed by atoms with E-state index in [-0.39, 0.29) is 17.4 Å². The van der Waals surface area contributed by atoms with Gasteiger partial charge in [0.2, 0.25) is 11.5 Å². The van der Waals surface area contributed by atoms with Crippen molar-refractivity contribution in [2.45, 2.75) is 52.4 Å². The molecule has 2 N–H and O–H groups in total. The summed E-state index contributed by atoms with van der Waals surface area (Å²) in [4.78, 5) is 8.70. The first kappa shape index (κ1) is 14.8. The van der Waals surface area contributed by atoms with Crippen molar-refractivity contribution >= 4 is 0 Å². The van der Waals surface area contributed by atoms with Gasteiger partial charge < -0.3 is 9.78 Å². The standard InChI is InChI=1S/C14H22O4/c1-5-9(3)11-7-8-12(17-15)14(18-16)13(11)10(4)6-2/h7-10,15-16H,5-6H2,1-4H3. The molecule has 4 nitrogen and oxygen atoms in total. The monoisotopic (exact) mass is 254 g/mol. The summed E-state index contributed by atoms with van der Waals surface area (Å²) in [5.41, 5.74) is 2.03. The van der Waals surface area contributed by atoms with E-state index in [2.05, 4.69) is 37.5 Å². The Balaban J connectivity index is 3.43. The van der Waals surface area contributed by atoms with Crippen LogP contribution in [0.5, 0.6) is 11.5 Å². The maximum atomic E-state index is 9.06. The van der Waals surface area contributed by atoms with Crippen LogP contribution >= 0.6 is 0 Å². The van der Waals surface area contributed by atoms with Gasteiger partial charge in [-0.05, 0) is 36.3 Å². The van der Waals surface area contributed by atoms with Gasteiger partial charge in [0.05, 0.1) is 0 Å². The molecule has 1 aromatic carbocycles. The minimum Gasteiger partial charge on any atom is -0.336 e. The van der Waals surface area contributed by atoms with E-state index < -0.39 is 0 Å². The molecule has 2 unspecified atom stereocenters. The van der Waals surface area contributed by atoms with Gasteiger partial charge in [-0.25, -0.2) is 10.5 Å². The van der Waals surface area contributed by atoms with Gasteiger partial charge in [0.15, 0.2) is 0 Å². The predicted octanol–water partition coefficient (Wildman–Crippen LogP) is 4.42. The van der Waals surface area contributed by atoms with Gasteiger partial charge in [-0.3, -0.25) is 0 Å². The molecule has 0 aliphatic carbocycles. The van der Waals surface area contributed by atoms with E-state index in [9.17, 15) is 0 Å². The van der Waals surface area contributed by atoms with Crippen molar-refractivity contribution in [2.24, 2.45) is 0 Å². The fourth-order valence-electron chi connectivity index (χ4n) is 2.12. The normalized spacial score (nSPS) is 14.1. The van der Waals surface area contributed by atoms with Crippen molar-refractivity contribution in [3.63, 3.8) is 0 Å². The van der Waals surface area contributed by atoms with E-state index in [1.54, 1.807) is 6.07 Å². The highest BCUT2D eigenvalue weighted by Crippen LogP contribution is 2.42. The topological polar surface area (TPSA) is 58.9 Å². The molecule has 0 aliphatic rings. The maximum Gasteiger partial charge on any atom is 0.214 e. The minimum absolute atomic E-state index is 0.139. The Labute approximate surface area is 108 Å². The highest BCUT2D eigenvalue weighted by molar-refractivity contribution is 5.53. The minimum atomic E-state index is 0.139. The van der Waals surface area contributed by atoms with Crippen molar-refractivity contribution in [3.05, 3.63) is 23.3 Å². The van der Waals surface area contributed by atoms with Crippen LogP contribution in [0.3, 0.4) is 0 Å². The molecule has 0 aromatic heterocycles. The van der Waals surface area contributed by atoms with Gasteiger partial charge in [-0.1, -0.05) is 33.8 Å². The van der Waals surface area contributed by atoms with E-state index in [0.717, 1.165) is 24.0 Å². The highest BCUT2D eigenvalue weighted by Gasteiger charge is 2.23. The Kier molecular flexibility index (Phi) is 5.44. The summed E-state index contributed by atoms with van der Waals surface area (Å²) < 4.78 is 0. The summed E-state index contributed by atoms with van der Waals surface area (Å²) in [5.74, 6) is 0.923. The highest BCUT2D eigenvalue weighted by atomic mass is 17.1. The molecule has 18 heavy (non-hydrogen) atoms. The molecule has 0 fully saturated rings. The lowest BCUT2D eigenvalue weighted by Gasteiger charge is -2.22. The second-order valence-electron chi connectivity index (χ2n) is 4.70. The molecule has 0 saturated carbocycles. The Bertz CT molecular complexity index is 390. The van der Waals surface area contributed by atoms with Gasteiger partial charge in [0.1, 0.15) is 0 Å². The van der Waals surface area contributed by atoms with E-state index in [1.807, 2.05) is 6.07 Å². The fraction of sp³-hybridized carbons (Fsp3) is 0.571. The molecule has 102 valence electrons. The SMILES string of the molecule is CCC(C)c1ccc(OO)c(OO)c1C(C)CC. The van der Waals surface area contributed by atoms with E-state index >= 15 is 0 Å². The lowest BCUT2D eigenvalue weighted by Crippen LogP contribution is -2.06. The number of hydrogen-bond acceptors (Lipinski definition) is 4. The van der Waals surface area contributed by atoms with Crippen molar-refractivity contribution in [1.82, 2.24) is 0 Å². The van der Waals surface area contributed by atoms with Crippen LogP contribution in [0.2, 0.25) is 0 Å². The molecule has 0 amide bonds. The van der Waals surface area contributed by atoms with Crippen LogP contribution in [0.25, 0.3) is 0 Å². The van der Waals surface area contributed by atoms with Crippen LogP contribution in [0.15, 0.2) is 12.1 Å². The largest absolute Gasteiger partial charge is 0.336 e. The quantitative estimate of drug-likeness (QED) is 0.583. The van der Waals surface area contributed by atoms with Crippen molar-refractivity contribution < 1.29 is 20.3 Å². The molecular formula is C14H22O4. The van der Waals surface area contributed by atoms with E-state index in [1.165, 1.54) is 0 Å². The lowest BCUT2D eigenvalue weighted by molar-refractivity contribution is -0.164. The third kappa shape index (κ3) is 2.76. The molecule has 4 heteroatoms. The maximum absolute atomic E-state index is 9.06. The molecule has 0 heterocycles. The zero-order valence-electron chi connectivity index (χ0n) is 11.4. The van der Waals surface area contributed by atoms with Crippen molar-refractivity contribution in [2.75, 3.05) is 0 Å². The van der Waals surface area contributed by atoms with Crippen LogP contribution in [-0.4, -0.2) is 10.5 Å². The third-order valence-electron chi connectivity index (χ3n) is 3.63. The summed E-state index contributed by atoms with van der Waals surface area (Å²) in [5, 5.41) is 17.9. The number of rotatable bonds is 6. The van der Waals surface area contributed by atoms with Crippen LogP contribution < -0.4 is 9.78 Å². The van der Waals surface area contributed by atoms with E-state index in [0.29, 0.717) is 5.92 Å². The molecule has 0 saturated heterocycles. The average molecular weight is 254 g/mol. The second-order valence-corrected chi connectivity index (χ2v) is 4.70. The first-order valence-electron chi connectivity index (χ1n) is 6.40. The summed E-state index contributed by atoms with van der Waals surface area (Å²) >= 11 is 0. The lowest BCUT2D eigenvalue weighted by atomic mass is 9.86. The van der Waals surface area contributed by atoms with E-state index in [4.69, 9.17) is 10.5 Å². The Morgan fingerprint density at radius 2 is 1.61 bits per heavy atom. The van der Waals surface area contributed by atoms with Crippen molar-refractivity contribution in [1.29, 1.82) is 0 Å². The van der Waals surface area contributed by atoms with Gasteiger partial charge >= 0.3 is 0 Å². The van der Waals surface area contributed by atoms with Crippen LogP contribution in [0, 0.1) is 0 Å². The molecule has 1 aromatic rings. The van der Waals surface area contributed by atoms with Crippen LogP contribution in [0.1, 0.15) is 63.5 Å². The summed E-state index contributed by atoms with van der Waals surface area (Å²) in [7, 11) is 0. The van der Waals surface area contributed by atoms with Gasteiger partial charge in [-0.2, -0.15) is 0 Å². The number of hydrogen-bond donors (Lipinski definition) is 2. The zero-order valence-corrected chi connectivity index (χ0v) is 11.4. The molecule has 0 radical (unpaired) electrons. The Hall–Kier alpha value is -1.26.